The molecule has 1 aromatic carbocycles. The number of hydrogen-bond donors (Lipinski definition) is 0. The lowest BCUT2D eigenvalue weighted by atomic mass is 9.88. The predicted molar refractivity (Wildman–Crippen MR) is 99.6 cm³/mol. The molecule has 1 heterocycles. The zero-order valence-corrected chi connectivity index (χ0v) is 15.4. The Morgan fingerprint density at radius 2 is 1.88 bits per heavy atom. The second-order valence-corrected chi connectivity index (χ2v) is 6.96. The van der Waals surface area contributed by atoms with Crippen LogP contribution in [0.4, 0.5) is 11.4 Å². The van der Waals surface area contributed by atoms with Crippen LogP contribution >= 0.6 is 0 Å². The maximum Gasteiger partial charge on any atom is 0.333 e. The van der Waals surface area contributed by atoms with Crippen LogP contribution < -0.4 is 9.64 Å². The summed E-state index contributed by atoms with van der Waals surface area (Å²) in [6.45, 7) is 4.64. The van der Waals surface area contributed by atoms with Crippen LogP contribution in [0.2, 0.25) is 0 Å². The molecule has 142 valence electrons. The molecule has 1 aliphatic heterocycles. The smallest absolute Gasteiger partial charge is 0.333 e. The number of hydrogen-bond acceptors (Lipinski definition) is 5. The number of para-hydroxylation sites is 1. The van der Waals surface area contributed by atoms with E-state index in [0.717, 1.165) is 25.7 Å². The van der Waals surface area contributed by atoms with E-state index in [4.69, 9.17) is 4.74 Å². The molecule has 0 unspecified atom stereocenters. The van der Waals surface area contributed by atoms with E-state index < -0.39 is 0 Å². The molecule has 26 heavy (non-hydrogen) atoms. The highest BCUT2D eigenvalue weighted by atomic mass is 16.6. The summed E-state index contributed by atoms with van der Waals surface area (Å²) in [5.74, 6) is 0.739. The molecule has 0 atom stereocenters. The predicted octanol–water partition coefficient (Wildman–Crippen LogP) is 3.22. The molecule has 2 aliphatic rings. The Morgan fingerprint density at radius 3 is 2.50 bits per heavy atom. The Kier molecular flexibility index (Phi) is 5.96. The highest BCUT2D eigenvalue weighted by Crippen LogP contribution is 2.37. The van der Waals surface area contributed by atoms with Crippen LogP contribution in [0.25, 0.3) is 0 Å². The van der Waals surface area contributed by atoms with Gasteiger partial charge >= 0.3 is 5.69 Å². The number of nitrogens with zero attached hydrogens (tertiary/aromatic N) is 3. The molecule has 0 radical (unpaired) electrons. The first-order valence-electron chi connectivity index (χ1n) is 9.55. The minimum absolute atomic E-state index is 0.0152. The van der Waals surface area contributed by atoms with Gasteiger partial charge in [0.15, 0.2) is 5.75 Å². The number of amides is 1. The van der Waals surface area contributed by atoms with E-state index in [9.17, 15) is 14.9 Å². The Hall–Kier alpha value is -2.31. The summed E-state index contributed by atoms with van der Waals surface area (Å²) in [6, 6.07) is 5.18. The summed E-state index contributed by atoms with van der Waals surface area (Å²) < 4.78 is 5.44. The zero-order chi connectivity index (χ0) is 18.5. The number of benzene rings is 1. The van der Waals surface area contributed by atoms with Crippen molar-refractivity contribution in [1.29, 1.82) is 0 Å². The highest BCUT2D eigenvalue weighted by molar-refractivity contribution is 5.79. The largest absolute Gasteiger partial charge is 0.487 e. The molecule has 1 aromatic rings. The van der Waals surface area contributed by atoms with Crippen molar-refractivity contribution in [2.75, 3.05) is 37.7 Å². The highest BCUT2D eigenvalue weighted by Gasteiger charge is 2.31. The summed E-state index contributed by atoms with van der Waals surface area (Å²) in [5, 5.41) is 11.6. The van der Waals surface area contributed by atoms with E-state index >= 15 is 0 Å². The van der Waals surface area contributed by atoms with Crippen LogP contribution in [0.5, 0.6) is 5.75 Å². The number of carbonyl (C=O) groups excluding carboxylic acids is 1. The molecule has 1 amide bonds. The first kappa shape index (κ1) is 18.5. The van der Waals surface area contributed by atoms with E-state index in [0.29, 0.717) is 44.2 Å². The minimum Gasteiger partial charge on any atom is -0.487 e. The van der Waals surface area contributed by atoms with Gasteiger partial charge in [0.05, 0.1) is 11.5 Å². The molecule has 2 fully saturated rings. The number of nitro benzene ring substituents is 1. The summed E-state index contributed by atoms with van der Waals surface area (Å²) in [5.41, 5.74) is 0.590. The lowest BCUT2D eigenvalue weighted by molar-refractivity contribution is -0.385. The Balaban J connectivity index is 1.69. The molecule has 1 saturated carbocycles. The molecule has 3 rings (SSSR count). The van der Waals surface area contributed by atoms with Crippen LogP contribution in [0.1, 0.15) is 39.0 Å². The number of piperazine rings is 1. The fourth-order valence-corrected chi connectivity index (χ4v) is 4.00. The average molecular weight is 361 g/mol. The van der Waals surface area contributed by atoms with Gasteiger partial charge in [-0.2, -0.15) is 0 Å². The summed E-state index contributed by atoms with van der Waals surface area (Å²) in [4.78, 5) is 27.8. The van der Waals surface area contributed by atoms with Crippen LogP contribution in [0, 0.1) is 16.0 Å². The van der Waals surface area contributed by atoms with Crippen LogP contribution in [-0.4, -0.2) is 48.5 Å². The third-order valence-electron chi connectivity index (χ3n) is 5.35. The summed E-state index contributed by atoms with van der Waals surface area (Å²) >= 11 is 0. The third kappa shape index (κ3) is 3.92. The van der Waals surface area contributed by atoms with Gasteiger partial charge in [0.25, 0.3) is 0 Å². The van der Waals surface area contributed by atoms with Crippen molar-refractivity contribution >= 4 is 17.3 Å². The third-order valence-corrected chi connectivity index (χ3v) is 5.35. The van der Waals surface area contributed by atoms with Crippen molar-refractivity contribution in [2.24, 2.45) is 5.92 Å². The summed E-state index contributed by atoms with van der Waals surface area (Å²) in [7, 11) is 0. The van der Waals surface area contributed by atoms with Crippen LogP contribution in [-0.2, 0) is 4.79 Å². The molecule has 0 aromatic heterocycles. The lowest BCUT2D eigenvalue weighted by Crippen LogP contribution is -2.50. The lowest BCUT2D eigenvalue weighted by Gasteiger charge is -2.38. The Morgan fingerprint density at radius 1 is 1.19 bits per heavy atom. The first-order valence-corrected chi connectivity index (χ1v) is 9.55. The maximum atomic E-state index is 12.7. The van der Waals surface area contributed by atoms with Crippen LogP contribution in [0.3, 0.4) is 0 Å². The average Bonchev–Trinajstić information content (AvgIpc) is 2.68. The fraction of sp³-hybridized carbons (Fsp3) is 0.632. The molecule has 7 heteroatoms. The molecule has 1 saturated heterocycles. The molecule has 1 aliphatic carbocycles. The van der Waals surface area contributed by atoms with Gasteiger partial charge in [-0.05, 0) is 31.9 Å². The van der Waals surface area contributed by atoms with Crippen molar-refractivity contribution in [2.45, 2.75) is 39.0 Å². The van der Waals surface area contributed by atoms with Crippen molar-refractivity contribution < 1.29 is 14.5 Å². The van der Waals surface area contributed by atoms with Gasteiger partial charge in [-0.15, -0.1) is 0 Å². The van der Waals surface area contributed by atoms with E-state index in [1.165, 1.54) is 6.42 Å². The SMILES string of the molecule is CCOc1cccc(N2CCN(C(=O)C3CCCCC3)CC2)c1[N+](=O)[O-]. The molecule has 0 bridgehead atoms. The minimum atomic E-state index is -0.375. The number of ether oxygens (including phenoxy) is 1. The normalized spacial score (nSPS) is 18.7. The van der Waals surface area contributed by atoms with Gasteiger partial charge < -0.3 is 14.5 Å². The van der Waals surface area contributed by atoms with E-state index in [1.54, 1.807) is 18.2 Å². The molecule has 7 nitrogen and oxygen atoms in total. The fourth-order valence-electron chi connectivity index (χ4n) is 4.00. The second kappa shape index (κ2) is 8.38. The monoisotopic (exact) mass is 361 g/mol. The van der Waals surface area contributed by atoms with Crippen molar-refractivity contribution in [3.8, 4) is 5.75 Å². The van der Waals surface area contributed by atoms with Gasteiger partial charge in [0.1, 0.15) is 5.69 Å². The quantitative estimate of drug-likeness (QED) is 0.594. The van der Waals surface area contributed by atoms with Crippen LogP contribution in [0.15, 0.2) is 18.2 Å². The van der Waals surface area contributed by atoms with E-state index in [-0.39, 0.29) is 22.4 Å². The van der Waals surface area contributed by atoms with Gasteiger partial charge in [0.2, 0.25) is 5.91 Å². The van der Waals surface area contributed by atoms with Gasteiger partial charge in [0, 0.05) is 32.1 Å². The molecular weight excluding hydrogens is 334 g/mol. The van der Waals surface area contributed by atoms with E-state index in [2.05, 4.69) is 0 Å². The maximum absolute atomic E-state index is 12.7. The topological polar surface area (TPSA) is 75.9 Å². The summed E-state index contributed by atoms with van der Waals surface area (Å²) in [6.07, 6.45) is 5.53. The molecule has 0 N–H and O–H groups in total. The molecule has 0 spiro atoms. The first-order chi connectivity index (χ1) is 12.6. The standard InChI is InChI=1S/C19H27N3O4/c1-2-26-17-10-6-9-16(18(17)22(24)25)20-11-13-21(14-12-20)19(23)15-7-4-3-5-8-15/h6,9-10,15H,2-5,7-8,11-14H2,1H3. The van der Waals surface area contributed by atoms with E-state index in [1.807, 2.05) is 16.7 Å². The number of rotatable bonds is 5. The van der Waals surface area contributed by atoms with Crippen molar-refractivity contribution in [3.05, 3.63) is 28.3 Å². The van der Waals surface area contributed by atoms with Gasteiger partial charge in [-0.3, -0.25) is 14.9 Å². The number of carbonyl (C=O) groups is 1. The Bertz CT molecular complexity index is 650. The second-order valence-electron chi connectivity index (χ2n) is 6.96. The van der Waals surface area contributed by atoms with Crippen molar-refractivity contribution in [3.63, 3.8) is 0 Å². The number of nitro groups is 1. The molecular formula is C19H27N3O4. The van der Waals surface area contributed by atoms with Gasteiger partial charge in [-0.25, -0.2) is 0 Å². The Labute approximate surface area is 154 Å². The van der Waals surface area contributed by atoms with Crippen molar-refractivity contribution in [1.82, 2.24) is 4.90 Å². The van der Waals surface area contributed by atoms with Gasteiger partial charge in [-0.1, -0.05) is 25.3 Å². The zero-order valence-electron chi connectivity index (χ0n) is 15.4. The number of anilines is 1.